The fourth-order valence-corrected chi connectivity index (χ4v) is 2.07. The molecule has 112 valence electrons. The number of esters is 1. The number of carbonyl (C=O) groups is 1. The molecule has 0 saturated heterocycles. The van der Waals surface area contributed by atoms with Gasteiger partial charge in [-0.3, -0.25) is 0 Å². The molecule has 20 heavy (non-hydrogen) atoms. The minimum absolute atomic E-state index is 0.134. The highest BCUT2D eigenvalue weighted by atomic mass is 16.5. The van der Waals surface area contributed by atoms with Crippen LogP contribution in [-0.4, -0.2) is 26.2 Å². The second-order valence-corrected chi connectivity index (χ2v) is 6.37. The quantitative estimate of drug-likeness (QED) is 0.681. The molecule has 0 aliphatic rings. The van der Waals surface area contributed by atoms with Gasteiger partial charge in [0.2, 0.25) is 0 Å². The van der Waals surface area contributed by atoms with E-state index in [-0.39, 0.29) is 5.41 Å². The molecule has 0 bridgehead atoms. The van der Waals surface area contributed by atoms with Gasteiger partial charge < -0.3 is 15.4 Å². The molecule has 0 aromatic heterocycles. The highest BCUT2D eigenvalue weighted by Gasteiger charge is 2.25. The van der Waals surface area contributed by atoms with Gasteiger partial charge >= 0.3 is 5.97 Å². The van der Waals surface area contributed by atoms with Crippen LogP contribution >= 0.6 is 0 Å². The molecule has 0 spiro atoms. The summed E-state index contributed by atoms with van der Waals surface area (Å²) in [6, 6.07) is 4.12. The summed E-state index contributed by atoms with van der Waals surface area (Å²) in [6.07, 6.45) is 0. The van der Waals surface area contributed by atoms with Crippen LogP contribution in [0.25, 0.3) is 0 Å². The van der Waals surface area contributed by atoms with E-state index in [9.17, 15) is 4.79 Å². The van der Waals surface area contributed by atoms with E-state index in [0.29, 0.717) is 17.3 Å². The van der Waals surface area contributed by atoms with E-state index in [4.69, 9.17) is 10.5 Å². The van der Waals surface area contributed by atoms with Crippen LogP contribution in [0.4, 0.5) is 11.4 Å². The van der Waals surface area contributed by atoms with E-state index in [0.717, 1.165) is 11.3 Å². The van der Waals surface area contributed by atoms with E-state index in [1.807, 2.05) is 20.0 Å². The van der Waals surface area contributed by atoms with Gasteiger partial charge in [0.25, 0.3) is 0 Å². The van der Waals surface area contributed by atoms with E-state index in [2.05, 4.69) is 32.6 Å². The summed E-state index contributed by atoms with van der Waals surface area (Å²) in [7, 11) is 3.40. The van der Waals surface area contributed by atoms with Gasteiger partial charge in [-0.1, -0.05) is 20.8 Å². The molecule has 1 unspecified atom stereocenters. The molecule has 0 radical (unpaired) electrons. The Kier molecular flexibility index (Phi) is 4.69. The summed E-state index contributed by atoms with van der Waals surface area (Å²) < 4.78 is 4.80. The number of hydrogen-bond donors (Lipinski definition) is 1. The van der Waals surface area contributed by atoms with Crippen molar-refractivity contribution in [3.8, 4) is 0 Å². The number of methoxy groups -OCH3 is 1. The maximum absolute atomic E-state index is 11.8. The van der Waals surface area contributed by atoms with Crippen LogP contribution in [0.15, 0.2) is 12.1 Å². The van der Waals surface area contributed by atoms with Crippen molar-refractivity contribution in [2.75, 3.05) is 24.8 Å². The molecule has 4 heteroatoms. The number of aryl methyl sites for hydroxylation is 1. The zero-order valence-electron chi connectivity index (χ0n) is 13.6. The van der Waals surface area contributed by atoms with Crippen molar-refractivity contribution in [3.05, 3.63) is 23.3 Å². The van der Waals surface area contributed by atoms with Gasteiger partial charge in [0, 0.05) is 24.5 Å². The van der Waals surface area contributed by atoms with E-state index >= 15 is 0 Å². The molecule has 0 heterocycles. The fraction of sp³-hybridized carbons (Fsp3) is 0.562. The van der Waals surface area contributed by atoms with Gasteiger partial charge in [0.15, 0.2) is 0 Å². The molecule has 0 aliphatic carbocycles. The van der Waals surface area contributed by atoms with Crippen molar-refractivity contribution in [1.82, 2.24) is 0 Å². The third kappa shape index (κ3) is 3.24. The van der Waals surface area contributed by atoms with Gasteiger partial charge in [0.1, 0.15) is 0 Å². The molecule has 4 nitrogen and oxygen atoms in total. The first kappa shape index (κ1) is 16.3. The van der Waals surface area contributed by atoms with Crippen LogP contribution < -0.4 is 10.6 Å². The predicted molar refractivity (Wildman–Crippen MR) is 84.3 cm³/mol. The average molecular weight is 278 g/mol. The summed E-state index contributed by atoms with van der Waals surface area (Å²) in [5.74, 6) is -0.399. The lowest BCUT2D eigenvalue weighted by atomic mass is 9.86. The molecule has 0 aliphatic heterocycles. The molecular weight excluding hydrogens is 252 g/mol. The van der Waals surface area contributed by atoms with Gasteiger partial charge in [-0.25, -0.2) is 4.79 Å². The van der Waals surface area contributed by atoms with Gasteiger partial charge in [0.05, 0.1) is 12.7 Å². The van der Waals surface area contributed by atoms with Gasteiger partial charge in [-0.2, -0.15) is 0 Å². The number of carbonyl (C=O) groups excluding carboxylic acids is 1. The largest absolute Gasteiger partial charge is 0.465 e. The van der Waals surface area contributed by atoms with E-state index in [1.165, 1.54) is 7.11 Å². The number of ether oxygens (including phenoxy) is 1. The Morgan fingerprint density at radius 1 is 1.35 bits per heavy atom. The molecule has 1 aromatic carbocycles. The maximum atomic E-state index is 11.8. The molecule has 0 saturated carbocycles. The number of anilines is 2. The number of nitrogens with zero attached hydrogens (tertiary/aromatic N) is 1. The van der Waals surface area contributed by atoms with Crippen LogP contribution in [0.5, 0.6) is 0 Å². The average Bonchev–Trinajstić information content (AvgIpc) is 2.38. The molecule has 1 rings (SSSR count). The van der Waals surface area contributed by atoms with Crippen LogP contribution in [0.1, 0.15) is 43.6 Å². The lowest BCUT2D eigenvalue weighted by molar-refractivity contribution is 0.0602. The predicted octanol–water partition coefficient (Wildman–Crippen LogP) is 3.23. The number of nitrogen functional groups attached to an aromatic ring is 1. The lowest BCUT2D eigenvalue weighted by Crippen LogP contribution is -2.39. The first-order valence-electron chi connectivity index (χ1n) is 6.80. The first-order chi connectivity index (χ1) is 9.09. The SMILES string of the molecule is COC(=O)c1cc(N(C)C(C)C(C)(C)C)cc(C)c1N. The molecular formula is C16H26N2O2. The van der Waals surface area contributed by atoms with E-state index in [1.54, 1.807) is 6.07 Å². The minimum atomic E-state index is -0.399. The third-order valence-corrected chi connectivity index (χ3v) is 4.02. The van der Waals surface area contributed by atoms with Crippen molar-refractivity contribution >= 4 is 17.3 Å². The Bertz CT molecular complexity index is 504. The number of benzene rings is 1. The monoisotopic (exact) mass is 278 g/mol. The van der Waals surface area contributed by atoms with Crippen molar-refractivity contribution in [1.29, 1.82) is 0 Å². The standard InChI is InChI=1S/C16H26N2O2/c1-10-8-12(18(6)11(2)16(3,4)5)9-13(14(10)17)15(19)20-7/h8-9,11H,17H2,1-7H3. The topological polar surface area (TPSA) is 55.6 Å². The molecule has 1 aromatic rings. The highest BCUT2D eigenvalue weighted by molar-refractivity contribution is 5.97. The molecule has 0 fully saturated rings. The highest BCUT2D eigenvalue weighted by Crippen LogP contribution is 2.31. The van der Waals surface area contributed by atoms with Crippen LogP contribution in [0.2, 0.25) is 0 Å². The van der Waals surface area contributed by atoms with Gasteiger partial charge in [-0.05, 0) is 37.0 Å². The van der Waals surface area contributed by atoms with Gasteiger partial charge in [-0.15, -0.1) is 0 Å². The summed E-state index contributed by atoms with van der Waals surface area (Å²) in [6.45, 7) is 10.7. The summed E-state index contributed by atoms with van der Waals surface area (Å²) in [5, 5.41) is 0. The van der Waals surface area contributed by atoms with Crippen molar-refractivity contribution in [2.45, 2.75) is 40.7 Å². The third-order valence-electron chi connectivity index (χ3n) is 4.02. The Labute approximate surface area is 121 Å². The van der Waals surface area contributed by atoms with E-state index < -0.39 is 5.97 Å². The fourth-order valence-electron chi connectivity index (χ4n) is 2.07. The second kappa shape index (κ2) is 5.73. The summed E-state index contributed by atoms with van der Waals surface area (Å²) in [4.78, 5) is 14.0. The smallest absolute Gasteiger partial charge is 0.340 e. The Hall–Kier alpha value is -1.71. The zero-order chi connectivity index (χ0) is 15.7. The Balaban J connectivity index is 3.27. The second-order valence-electron chi connectivity index (χ2n) is 6.37. The number of nitrogens with two attached hydrogens (primary N) is 1. The summed E-state index contributed by atoms with van der Waals surface area (Å²) in [5.41, 5.74) is 8.87. The molecule has 1 atom stereocenters. The van der Waals surface area contributed by atoms with Crippen LogP contribution in [0, 0.1) is 12.3 Å². The molecule has 0 amide bonds. The van der Waals surface area contributed by atoms with Crippen LogP contribution in [0.3, 0.4) is 0 Å². The Morgan fingerprint density at radius 3 is 2.35 bits per heavy atom. The van der Waals surface area contributed by atoms with Crippen molar-refractivity contribution in [3.63, 3.8) is 0 Å². The lowest BCUT2D eigenvalue weighted by Gasteiger charge is -2.37. The van der Waals surface area contributed by atoms with Crippen molar-refractivity contribution < 1.29 is 9.53 Å². The summed E-state index contributed by atoms with van der Waals surface area (Å²) >= 11 is 0. The maximum Gasteiger partial charge on any atom is 0.340 e. The minimum Gasteiger partial charge on any atom is -0.465 e. The Morgan fingerprint density at radius 2 is 1.90 bits per heavy atom. The van der Waals surface area contributed by atoms with Crippen molar-refractivity contribution in [2.24, 2.45) is 5.41 Å². The zero-order valence-corrected chi connectivity index (χ0v) is 13.6. The normalized spacial score (nSPS) is 12.9. The number of rotatable bonds is 3. The molecule has 2 N–H and O–H groups in total. The first-order valence-corrected chi connectivity index (χ1v) is 6.80. The number of hydrogen-bond acceptors (Lipinski definition) is 4. The van der Waals surface area contributed by atoms with Crippen LogP contribution in [-0.2, 0) is 4.74 Å².